The summed E-state index contributed by atoms with van der Waals surface area (Å²) >= 11 is 0. The number of allylic oxidation sites excluding steroid dienone is 3. The topological polar surface area (TPSA) is 41.7 Å². The molecule has 1 N–H and O–H groups in total. The monoisotopic (exact) mass is 149 g/mol. The maximum absolute atomic E-state index is 10.8. The van der Waals surface area contributed by atoms with E-state index in [2.05, 4.69) is 4.85 Å². The lowest BCUT2D eigenvalue weighted by Crippen LogP contribution is -2.05. The third-order valence-corrected chi connectivity index (χ3v) is 1.48. The van der Waals surface area contributed by atoms with Crippen LogP contribution in [0.15, 0.2) is 23.1 Å². The predicted molar refractivity (Wildman–Crippen MR) is 39.6 cm³/mol. The SMILES string of the molecule is [C-]#[N+]C1=C(O)CC(=O)C=C1C. The van der Waals surface area contributed by atoms with Gasteiger partial charge in [0.1, 0.15) is 5.76 Å². The molecule has 0 unspecified atom stereocenters. The number of hydrogen-bond acceptors (Lipinski definition) is 2. The molecule has 1 aliphatic rings. The van der Waals surface area contributed by atoms with E-state index in [0.717, 1.165) is 0 Å². The molecule has 0 saturated carbocycles. The lowest BCUT2D eigenvalue weighted by Gasteiger charge is -2.07. The molecule has 0 amide bonds. The molecule has 0 aliphatic heterocycles. The van der Waals surface area contributed by atoms with E-state index >= 15 is 0 Å². The molecule has 0 radical (unpaired) electrons. The van der Waals surface area contributed by atoms with Crippen molar-refractivity contribution in [2.75, 3.05) is 0 Å². The van der Waals surface area contributed by atoms with E-state index < -0.39 is 0 Å². The van der Waals surface area contributed by atoms with Crippen molar-refractivity contribution in [1.82, 2.24) is 0 Å². The van der Waals surface area contributed by atoms with E-state index in [-0.39, 0.29) is 23.7 Å². The molecule has 0 spiro atoms. The minimum atomic E-state index is -0.146. The van der Waals surface area contributed by atoms with Gasteiger partial charge < -0.3 is 5.11 Å². The van der Waals surface area contributed by atoms with Crippen LogP contribution in [-0.4, -0.2) is 10.9 Å². The van der Waals surface area contributed by atoms with Crippen LogP contribution in [0.1, 0.15) is 13.3 Å². The molecule has 0 aromatic heterocycles. The first-order chi connectivity index (χ1) is 5.15. The maximum Gasteiger partial charge on any atom is 0.227 e. The normalized spacial score (nSPS) is 17.8. The zero-order chi connectivity index (χ0) is 8.43. The van der Waals surface area contributed by atoms with Gasteiger partial charge >= 0.3 is 0 Å². The zero-order valence-corrected chi connectivity index (χ0v) is 6.09. The lowest BCUT2D eigenvalue weighted by molar-refractivity contribution is -0.114. The molecule has 3 nitrogen and oxygen atoms in total. The average molecular weight is 149 g/mol. The van der Waals surface area contributed by atoms with Gasteiger partial charge in [-0.2, -0.15) is 0 Å². The highest BCUT2D eigenvalue weighted by atomic mass is 16.3. The van der Waals surface area contributed by atoms with Gasteiger partial charge in [-0.05, 0) is 18.6 Å². The van der Waals surface area contributed by atoms with Crippen LogP contribution in [0, 0.1) is 6.57 Å². The summed E-state index contributed by atoms with van der Waals surface area (Å²) in [4.78, 5) is 13.9. The quantitative estimate of drug-likeness (QED) is 0.531. The van der Waals surface area contributed by atoms with Crippen molar-refractivity contribution in [2.45, 2.75) is 13.3 Å². The Hall–Kier alpha value is -1.56. The zero-order valence-electron chi connectivity index (χ0n) is 6.09. The van der Waals surface area contributed by atoms with Gasteiger partial charge in [0, 0.05) is 0 Å². The summed E-state index contributed by atoms with van der Waals surface area (Å²) in [5.74, 6) is -0.252. The van der Waals surface area contributed by atoms with Crippen molar-refractivity contribution in [3.63, 3.8) is 0 Å². The molecule has 0 atom stereocenters. The van der Waals surface area contributed by atoms with E-state index in [1.54, 1.807) is 6.92 Å². The Morgan fingerprint density at radius 2 is 2.36 bits per heavy atom. The molecule has 1 aliphatic carbocycles. The van der Waals surface area contributed by atoms with Gasteiger partial charge in [0.05, 0.1) is 13.0 Å². The molecule has 1 rings (SSSR count). The summed E-state index contributed by atoms with van der Waals surface area (Å²) < 4.78 is 0. The van der Waals surface area contributed by atoms with Crippen molar-refractivity contribution >= 4 is 5.78 Å². The Kier molecular flexibility index (Phi) is 1.77. The van der Waals surface area contributed by atoms with Crippen LogP contribution in [0.3, 0.4) is 0 Å². The van der Waals surface area contributed by atoms with E-state index in [4.69, 9.17) is 11.7 Å². The fourth-order valence-corrected chi connectivity index (χ4v) is 0.990. The van der Waals surface area contributed by atoms with E-state index in [1.165, 1.54) is 6.08 Å². The number of ketones is 1. The maximum atomic E-state index is 10.8. The molecular weight excluding hydrogens is 142 g/mol. The highest BCUT2D eigenvalue weighted by Gasteiger charge is 2.16. The number of hydrogen-bond donors (Lipinski definition) is 1. The fraction of sp³-hybridized carbons (Fsp3) is 0.250. The van der Waals surface area contributed by atoms with Gasteiger partial charge in [0.2, 0.25) is 5.70 Å². The summed E-state index contributed by atoms with van der Waals surface area (Å²) in [6.07, 6.45) is 1.35. The number of carbonyl (C=O) groups excluding carboxylic acids is 1. The highest BCUT2D eigenvalue weighted by Crippen LogP contribution is 2.21. The van der Waals surface area contributed by atoms with E-state index in [0.29, 0.717) is 5.57 Å². The number of aliphatic hydroxyl groups excluding tert-OH is 1. The van der Waals surface area contributed by atoms with Crippen molar-refractivity contribution < 1.29 is 9.90 Å². The fourth-order valence-electron chi connectivity index (χ4n) is 0.990. The lowest BCUT2D eigenvalue weighted by atomic mass is 10.0. The Morgan fingerprint density at radius 1 is 1.73 bits per heavy atom. The van der Waals surface area contributed by atoms with Crippen molar-refractivity contribution in [1.29, 1.82) is 0 Å². The molecule has 3 heteroatoms. The van der Waals surface area contributed by atoms with Crippen LogP contribution in [-0.2, 0) is 4.79 Å². The second kappa shape index (κ2) is 2.59. The Morgan fingerprint density at radius 3 is 2.82 bits per heavy atom. The molecule has 0 saturated heterocycles. The molecular formula is C8H7NO2. The van der Waals surface area contributed by atoms with Crippen LogP contribution in [0.4, 0.5) is 0 Å². The summed E-state index contributed by atoms with van der Waals surface area (Å²) in [7, 11) is 0. The van der Waals surface area contributed by atoms with Gasteiger partial charge in [-0.15, -0.1) is 0 Å². The first kappa shape index (κ1) is 7.55. The summed E-state index contributed by atoms with van der Waals surface area (Å²) in [5, 5.41) is 9.11. The van der Waals surface area contributed by atoms with Crippen LogP contribution in [0.5, 0.6) is 0 Å². The summed E-state index contributed by atoms with van der Waals surface area (Å²) in [6, 6.07) is 0. The van der Waals surface area contributed by atoms with Crippen molar-refractivity contribution in [3.8, 4) is 0 Å². The number of nitrogens with zero attached hydrogens (tertiary/aromatic N) is 1. The first-order valence-corrected chi connectivity index (χ1v) is 3.16. The minimum Gasteiger partial charge on any atom is -0.523 e. The third-order valence-electron chi connectivity index (χ3n) is 1.48. The molecule has 0 heterocycles. The van der Waals surface area contributed by atoms with Crippen LogP contribution < -0.4 is 0 Å². The second-order valence-corrected chi connectivity index (χ2v) is 2.38. The van der Waals surface area contributed by atoms with E-state index in [1.807, 2.05) is 0 Å². The Balaban J connectivity index is 3.12. The molecule has 0 aromatic rings. The van der Waals surface area contributed by atoms with Crippen LogP contribution in [0.25, 0.3) is 4.85 Å². The van der Waals surface area contributed by atoms with Crippen LogP contribution >= 0.6 is 0 Å². The Labute approximate surface area is 64.5 Å². The number of carbonyl (C=O) groups is 1. The van der Waals surface area contributed by atoms with Gasteiger partial charge in [0.25, 0.3) is 0 Å². The van der Waals surface area contributed by atoms with Gasteiger partial charge in [0.15, 0.2) is 5.78 Å². The average Bonchev–Trinajstić information content (AvgIpc) is 1.85. The summed E-state index contributed by atoms with van der Waals surface area (Å²) in [6.45, 7) is 8.32. The van der Waals surface area contributed by atoms with Gasteiger partial charge in [-0.1, -0.05) is 0 Å². The van der Waals surface area contributed by atoms with Gasteiger partial charge in [-0.3, -0.25) is 4.79 Å². The molecule has 0 fully saturated rings. The molecule has 0 aromatic carbocycles. The van der Waals surface area contributed by atoms with Crippen molar-refractivity contribution in [3.05, 3.63) is 34.5 Å². The van der Waals surface area contributed by atoms with Gasteiger partial charge in [-0.25, -0.2) is 4.85 Å². The predicted octanol–water partition coefficient (Wildman–Crippen LogP) is 1.59. The minimum absolute atomic E-state index is 0.0327. The molecule has 0 bridgehead atoms. The number of aliphatic hydroxyl groups is 1. The van der Waals surface area contributed by atoms with Crippen LogP contribution in [0.2, 0.25) is 0 Å². The Bertz CT molecular complexity index is 305. The van der Waals surface area contributed by atoms with E-state index in [9.17, 15) is 4.79 Å². The number of rotatable bonds is 0. The smallest absolute Gasteiger partial charge is 0.227 e. The standard InChI is InChI=1S/C8H7NO2/c1-5-3-6(10)4-7(11)8(5)9-2/h3,11H,4H2,1H3. The highest BCUT2D eigenvalue weighted by molar-refractivity contribution is 5.94. The summed E-state index contributed by atoms with van der Waals surface area (Å²) in [5.41, 5.74) is 0.762. The largest absolute Gasteiger partial charge is 0.523 e. The first-order valence-electron chi connectivity index (χ1n) is 3.16. The molecule has 11 heavy (non-hydrogen) atoms. The van der Waals surface area contributed by atoms with Crippen molar-refractivity contribution in [2.24, 2.45) is 0 Å². The third kappa shape index (κ3) is 1.30. The molecule has 56 valence electrons. The second-order valence-electron chi connectivity index (χ2n) is 2.38.